The molecule has 112 valence electrons. The van der Waals surface area contributed by atoms with Crippen LogP contribution in [0.25, 0.3) is 10.9 Å². The van der Waals surface area contributed by atoms with Crippen LogP contribution in [0.4, 0.5) is 10.1 Å². The van der Waals surface area contributed by atoms with E-state index >= 15 is 0 Å². The normalized spacial score (nSPS) is 20.8. The molecule has 3 rings (SSSR count). The van der Waals surface area contributed by atoms with Crippen LogP contribution in [0.2, 0.25) is 5.02 Å². The van der Waals surface area contributed by atoms with E-state index in [-0.39, 0.29) is 22.9 Å². The van der Waals surface area contributed by atoms with Crippen molar-refractivity contribution in [3.05, 3.63) is 35.2 Å². The Bertz CT molecular complexity index is 795. The van der Waals surface area contributed by atoms with Crippen LogP contribution < -0.4 is 5.32 Å². The summed E-state index contributed by atoms with van der Waals surface area (Å²) in [6, 6.07) is 4.93. The van der Waals surface area contributed by atoms with Crippen LogP contribution in [0.5, 0.6) is 0 Å². The molecule has 0 spiro atoms. The molecule has 1 aromatic carbocycles. The summed E-state index contributed by atoms with van der Waals surface area (Å²) >= 11 is 6.00. The fraction of sp³-hybridized carbons (Fsp3) is 0.357. The predicted molar refractivity (Wildman–Crippen MR) is 82.0 cm³/mol. The van der Waals surface area contributed by atoms with Gasteiger partial charge in [-0.1, -0.05) is 11.6 Å². The van der Waals surface area contributed by atoms with Gasteiger partial charge in [-0.25, -0.2) is 12.8 Å². The van der Waals surface area contributed by atoms with E-state index in [0.717, 1.165) is 0 Å². The number of benzene rings is 1. The first kappa shape index (κ1) is 14.5. The highest BCUT2D eigenvalue weighted by molar-refractivity contribution is 7.91. The Morgan fingerprint density at radius 3 is 2.90 bits per heavy atom. The Morgan fingerprint density at radius 2 is 2.19 bits per heavy atom. The highest BCUT2D eigenvalue weighted by atomic mass is 35.5. The lowest BCUT2D eigenvalue weighted by molar-refractivity contribution is 0.594. The van der Waals surface area contributed by atoms with Gasteiger partial charge < -0.3 is 5.32 Å². The summed E-state index contributed by atoms with van der Waals surface area (Å²) in [4.78, 5) is 4.01. The molecule has 0 aliphatic carbocycles. The van der Waals surface area contributed by atoms with Gasteiger partial charge in [-0.05, 0) is 30.5 Å². The Balaban J connectivity index is 1.80. The Hall–Kier alpha value is -1.40. The Labute approximate surface area is 127 Å². The van der Waals surface area contributed by atoms with E-state index in [9.17, 15) is 12.8 Å². The van der Waals surface area contributed by atoms with Gasteiger partial charge in [-0.2, -0.15) is 0 Å². The van der Waals surface area contributed by atoms with E-state index in [1.807, 2.05) is 0 Å². The molecule has 1 aromatic heterocycles. The van der Waals surface area contributed by atoms with Crippen molar-refractivity contribution >= 4 is 38.0 Å². The maximum absolute atomic E-state index is 14.4. The largest absolute Gasteiger partial charge is 0.382 e. The standard InChI is InChI=1S/C14H14ClFN2O2S/c15-11-3-5-17-14-10(11)1-2-12(13(14)16)18-7-9-4-6-21(19,20)8-9/h1-3,5,9,18H,4,6-8H2. The number of fused-ring (bicyclic) bond motifs is 1. The third kappa shape index (κ3) is 2.96. The van der Waals surface area contributed by atoms with Crippen LogP contribution in [0, 0.1) is 11.7 Å². The van der Waals surface area contributed by atoms with Crippen molar-refractivity contribution in [2.45, 2.75) is 6.42 Å². The number of rotatable bonds is 3. The van der Waals surface area contributed by atoms with Crippen LogP contribution >= 0.6 is 11.6 Å². The van der Waals surface area contributed by atoms with E-state index in [4.69, 9.17) is 11.6 Å². The lowest BCUT2D eigenvalue weighted by Crippen LogP contribution is -2.16. The molecule has 1 aliphatic heterocycles. The molecule has 0 saturated carbocycles. The molecule has 7 heteroatoms. The molecular formula is C14H14ClFN2O2S. The van der Waals surface area contributed by atoms with Crippen LogP contribution in [0.3, 0.4) is 0 Å². The summed E-state index contributed by atoms with van der Waals surface area (Å²) in [5.41, 5.74) is 0.535. The molecule has 1 saturated heterocycles. The zero-order chi connectivity index (χ0) is 15.0. The predicted octanol–water partition coefficient (Wildman–Crippen LogP) is 2.87. The first-order valence-electron chi connectivity index (χ1n) is 6.63. The number of hydrogen-bond acceptors (Lipinski definition) is 4. The zero-order valence-electron chi connectivity index (χ0n) is 11.1. The van der Waals surface area contributed by atoms with Crippen molar-refractivity contribution < 1.29 is 12.8 Å². The second-order valence-electron chi connectivity index (χ2n) is 5.27. The first-order valence-corrected chi connectivity index (χ1v) is 8.83. The van der Waals surface area contributed by atoms with Crippen LogP contribution in [0.15, 0.2) is 24.4 Å². The summed E-state index contributed by atoms with van der Waals surface area (Å²) < 4.78 is 37.2. The average molecular weight is 329 g/mol. The number of sulfone groups is 1. The van der Waals surface area contributed by atoms with Crippen LogP contribution in [-0.4, -0.2) is 31.5 Å². The van der Waals surface area contributed by atoms with Gasteiger partial charge in [0, 0.05) is 18.1 Å². The lowest BCUT2D eigenvalue weighted by atomic mass is 10.1. The van der Waals surface area contributed by atoms with E-state index < -0.39 is 15.7 Å². The number of hydrogen-bond donors (Lipinski definition) is 1. The maximum Gasteiger partial charge on any atom is 0.172 e. The van der Waals surface area contributed by atoms with E-state index in [1.54, 1.807) is 18.2 Å². The third-order valence-corrected chi connectivity index (χ3v) is 5.87. The number of nitrogens with one attached hydrogen (secondary N) is 1. The van der Waals surface area contributed by atoms with Gasteiger partial charge in [-0.3, -0.25) is 4.98 Å². The Kier molecular flexibility index (Phi) is 3.75. The minimum atomic E-state index is -2.91. The van der Waals surface area contributed by atoms with Crippen molar-refractivity contribution in [2.24, 2.45) is 5.92 Å². The topological polar surface area (TPSA) is 59.1 Å². The molecule has 2 heterocycles. The monoisotopic (exact) mass is 328 g/mol. The minimum Gasteiger partial charge on any atom is -0.382 e. The van der Waals surface area contributed by atoms with Crippen molar-refractivity contribution in [1.29, 1.82) is 0 Å². The summed E-state index contributed by atoms with van der Waals surface area (Å²) in [7, 11) is -2.91. The van der Waals surface area contributed by atoms with Crippen molar-refractivity contribution in [3.8, 4) is 0 Å². The average Bonchev–Trinajstić information content (AvgIpc) is 2.78. The van der Waals surface area contributed by atoms with Gasteiger partial charge in [0.15, 0.2) is 15.7 Å². The second kappa shape index (κ2) is 5.42. The summed E-state index contributed by atoms with van der Waals surface area (Å²) in [6.07, 6.45) is 2.08. The van der Waals surface area contributed by atoms with Gasteiger partial charge in [0.05, 0.1) is 22.2 Å². The number of nitrogens with zero attached hydrogens (tertiary/aromatic N) is 1. The second-order valence-corrected chi connectivity index (χ2v) is 7.90. The van der Waals surface area contributed by atoms with Crippen LogP contribution in [0.1, 0.15) is 6.42 Å². The molecule has 1 atom stereocenters. The molecule has 0 radical (unpaired) electrons. The van der Waals surface area contributed by atoms with Gasteiger partial charge in [0.25, 0.3) is 0 Å². The quantitative estimate of drug-likeness (QED) is 0.941. The summed E-state index contributed by atoms with van der Waals surface area (Å²) in [5.74, 6) is -0.0519. The number of aromatic nitrogens is 1. The van der Waals surface area contributed by atoms with Gasteiger partial charge in [0.2, 0.25) is 0 Å². The molecule has 1 N–H and O–H groups in total. The molecule has 21 heavy (non-hydrogen) atoms. The van der Waals surface area contributed by atoms with Gasteiger partial charge >= 0.3 is 0 Å². The first-order chi connectivity index (χ1) is 9.96. The van der Waals surface area contributed by atoms with Crippen LogP contribution in [-0.2, 0) is 9.84 Å². The maximum atomic E-state index is 14.4. The number of pyridine rings is 1. The molecule has 0 amide bonds. The van der Waals surface area contributed by atoms with E-state index in [2.05, 4.69) is 10.3 Å². The fourth-order valence-electron chi connectivity index (χ4n) is 2.57. The minimum absolute atomic E-state index is 0.0254. The molecule has 0 bridgehead atoms. The third-order valence-electron chi connectivity index (χ3n) is 3.71. The highest BCUT2D eigenvalue weighted by Crippen LogP contribution is 2.28. The summed E-state index contributed by atoms with van der Waals surface area (Å²) in [6.45, 7) is 0.433. The molecular weight excluding hydrogens is 315 g/mol. The summed E-state index contributed by atoms with van der Waals surface area (Å²) in [5, 5.41) is 3.99. The molecule has 1 fully saturated rings. The highest BCUT2D eigenvalue weighted by Gasteiger charge is 2.27. The smallest absolute Gasteiger partial charge is 0.172 e. The fourth-order valence-corrected chi connectivity index (χ4v) is 4.65. The molecule has 4 nitrogen and oxygen atoms in total. The van der Waals surface area contributed by atoms with Crippen molar-refractivity contribution in [2.75, 3.05) is 23.4 Å². The van der Waals surface area contributed by atoms with E-state index in [1.165, 1.54) is 6.20 Å². The molecule has 2 aromatic rings. The SMILES string of the molecule is O=S1(=O)CCC(CNc2ccc3c(Cl)ccnc3c2F)C1. The number of halogens is 2. The van der Waals surface area contributed by atoms with E-state index in [0.29, 0.717) is 29.1 Å². The van der Waals surface area contributed by atoms with Crippen molar-refractivity contribution in [3.63, 3.8) is 0 Å². The molecule has 1 aliphatic rings. The number of anilines is 1. The van der Waals surface area contributed by atoms with Crippen molar-refractivity contribution in [1.82, 2.24) is 4.98 Å². The molecule has 1 unspecified atom stereocenters. The Morgan fingerprint density at radius 1 is 1.38 bits per heavy atom. The zero-order valence-corrected chi connectivity index (χ0v) is 12.7. The van der Waals surface area contributed by atoms with Gasteiger partial charge in [-0.15, -0.1) is 0 Å². The van der Waals surface area contributed by atoms with Gasteiger partial charge in [0.1, 0.15) is 5.52 Å². The lowest BCUT2D eigenvalue weighted by Gasteiger charge is -2.12.